The van der Waals surface area contributed by atoms with Gasteiger partial charge in [-0.15, -0.1) is 0 Å². The Labute approximate surface area is 177 Å². The minimum Gasteiger partial charge on any atom is -0.484 e. The lowest BCUT2D eigenvalue weighted by molar-refractivity contribution is -0.137. The number of likely N-dealkylation sites (tertiary alicyclic amines) is 2. The third-order valence-corrected chi connectivity index (χ3v) is 5.69. The third kappa shape index (κ3) is 6.11. The van der Waals surface area contributed by atoms with Gasteiger partial charge in [0.2, 0.25) is 5.91 Å². The van der Waals surface area contributed by atoms with Crippen molar-refractivity contribution in [2.45, 2.75) is 38.6 Å². The van der Waals surface area contributed by atoms with E-state index in [1.807, 2.05) is 30.3 Å². The van der Waals surface area contributed by atoms with E-state index in [4.69, 9.17) is 9.47 Å². The quantitative estimate of drug-likeness (QED) is 0.765. The summed E-state index contributed by atoms with van der Waals surface area (Å²) in [7, 11) is 0. The Morgan fingerprint density at radius 2 is 1.60 bits per heavy atom. The smallest absolute Gasteiger partial charge is 0.409 e. The van der Waals surface area contributed by atoms with Gasteiger partial charge in [-0.1, -0.05) is 18.2 Å². The molecule has 2 aliphatic rings. The number of amides is 3. The summed E-state index contributed by atoms with van der Waals surface area (Å²) in [5, 5.41) is 3.12. The Kier molecular flexibility index (Phi) is 7.93. The van der Waals surface area contributed by atoms with Crippen molar-refractivity contribution in [3.8, 4) is 5.75 Å². The van der Waals surface area contributed by atoms with Crippen LogP contribution in [0, 0.1) is 5.92 Å². The summed E-state index contributed by atoms with van der Waals surface area (Å²) in [4.78, 5) is 40.2. The molecule has 0 spiro atoms. The van der Waals surface area contributed by atoms with E-state index in [0.717, 1.165) is 12.8 Å². The summed E-state index contributed by atoms with van der Waals surface area (Å²) in [5.41, 5.74) is 0. The standard InChI is InChI=1S/C22H31N3O5/c1-2-29-22(28)25-14-10-18(11-15-25)23-21(27)17-8-12-24(13-9-17)20(26)16-30-19-6-4-3-5-7-19/h3-7,17-18H,2,8-16H2,1H3,(H,23,27). The molecule has 0 saturated carbocycles. The second-order valence-corrected chi connectivity index (χ2v) is 7.73. The maximum absolute atomic E-state index is 12.6. The molecule has 2 aliphatic heterocycles. The molecule has 0 aromatic heterocycles. The highest BCUT2D eigenvalue weighted by Gasteiger charge is 2.30. The van der Waals surface area contributed by atoms with E-state index in [9.17, 15) is 14.4 Å². The van der Waals surface area contributed by atoms with Crippen LogP contribution in [0.3, 0.4) is 0 Å². The first-order chi connectivity index (χ1) is 14.6. The summed E-state index contributed by atoms with van der Waals surface area (Å²) < 4.78 is 10.6. The number of piperidine rings is 2. The number of carbonyl (C=O) groups is 3. The second kappa shape index (κ2) is 10.8. The molecule has 2 saturated heterocycles. The lowest BCUT2D eigenvalue weighted by Gasteiger charge is -2.34. The van der Waals surface area contributed by atoms with Crippen LogP contribution >= 0.6 is 0 Å². The molecule has 1 N–H and O–H groups in total. The highest BCUT2D eigenvalue weighted by Crippen LogP contribution is 2.19. The molecule has 3 rings (SSSR count). The number of hydrogen-bond acceptors (Lipinski definition) is 5. The molecule has 30 heavy (non-hydrogen) atoms. The van der Waals surface area contributed by atoms with E-state index in [2.05, 4.69) is 5.32 Å². The first-order valence-electron chi connectivity index (χ1n) is 10.7. The number of nitrogens with one attached hydrogen (secondary N) is 1. The first kappa shape index (κ1) is 21.9. The van der Waals surface area contributed by atoms with Gasteiger partial charge in [-0.3, -0.25) is 9.59 Å². The fourth-order valence-electron chi connectivity index (χ4n) is 3.88. The Balaban J connectivity index is 1.35. The van der Waals surface area contributed by atoms with Crippen LogP contribution in [0.1, 0.15) is 32.6 Å². The number of nitrogens with zero attached hydrogens (tertiary/aromatic N) is 2. The largest absolute Gasteiger partial charge is 0.484 e. The van der Waals surface area contributed by atoms with Gasteiger partial charge in [-0.2, -0.15) is 0 Å². The van der Waals surface area contributed by atoms with Gasteiger partial charge in [-0.05, 0) is 44.7 Å². The summed E-state index contributed by atoms with van der Waals surface area (Å²) in [5.74, 6) is 0.600. The van der Waals surface area contributed by atoms with E-state index in [0.29, 0.717) is 51.4 Å². The molecule has 164 valence electrons. The normalized spacial score (nSPS) is 18.0. The monoisotopic (exact) mass is 417 g/mol. The van der Waals surface area contributed by atoms with Gasteiger partial charge < -0.3 is 24.6 Å². The Hall–Kier alpha value is -2.77. The van der Waals surface area contributed by atoms with Crippen LogP contribution in [0.25, 0.3) is 0 Å². The predicted molar refractivity (Wildman–Crippen MR) is 111 cm³/mol. The number of carbonyl (C=O) groups excluding carboxylic acids is 3. The van der Waals surface area contributed by atoms with E-state index >= 15 is 0 Å². The minimum atomic E-state index is -0.282. The van der Waals surface area contributed by atoms with E-state index in [1.54, 1.807) is 16.7 Å². The maximum atomic E-state index is 12.6. The molecule has 0 bridgehead atoms. The average Bonchev–Trinajstić information content (AvgIpc) is 2.79. The van der Waals surface area contributed by atoms with Gasteiger partial charge in [0.05, 0.1) is 6.61 Å². The lowest BCUT2D eigenvalue weighted by atomic mass is 9.94. The van der Waals surface area contributed by atoms with Gasteiger partial charge in [-0.25, -0.2) is 4.79 Å². The molecular formula is C22H31N3O5. The van der Waals surface area contributed by atoms with Crippen molar-refractivity contribution < 1.29 is 23.9 Å². The number of benzene rings is 1. The molecule has 8 nitrogen and oxygen atoms in total. The van der Waals surface area contributed by atoms with Gasteiger partial charge >= 0.3 is 6.09 Å². The summed E-state index contributed by atoms with van der Waals surface area (Å²) in [6.07, 6.45) is 2.50. The minimum absolute atomic E-state index is 0.0138. The van der Waals surface area contributed by atoms with Crippen LogP contribution in [0.2, 0.25) is 0 Å². The van der Waals surface area contributed by atoms with Crippen molar-refractivity contribution in [2.75, 3.05) is 39.4 Å². The van der Waals surface area contributed by atoms with Crippen LogP contribution in [-0.2, 0) is 14.3 Å². The molecule has 3 amide bonds. The number of para-hydroxylation sites is 1. The SMILES string of the molecule is CCOC(=O)N1CCC(NC(=O)C2CCN(C(=O)COc3ccccc3)CC2)CC1. The molecule has 0 aliphatic carbocycles. The fourth-order valence-corrected chi connectivity index (χ4v) is 3.88. The Bertz CT molecular complexity index is 711. The molecule has 8 heteroatoms. The van der Waals surface area contributed by atoms with Crippen molar-refractivity contribution >= 4 is 17.9 Å². The topological polar surface area (TPSA) is 88.2 Å². The number of hydrogen-bond donors (Lipinski definition) is 1. The number of rotatable bonds is 6. The molecule has 0 unspecified atom stereocenters. The summed E-state index contributed by atoms with van der Waals surface area (Å²) in [6.45, 7) is 4.50. The highest BCUT2D eigenvalue weighted by atomic mass is 16.6. The maximum Gasteiger partial charge on any atom is 0.409 e. The van der Waals surface area contributed by atoms with Crippen LogP contribution in [-0.4, -0.2) is 73.1 Å². The van der Waals surface area contributed by atoms with Gasteiger partial charge in [0.15, 0.2) is 6.61 Å². The van der Waals surface area contributed by atoms with Crippen LogP contribution in [0.15, 0.2) is 30.3 Å². The van der Waals surface area contributed by atoms with Crippen LogP contribution in [0.5, 0.6) is 5.75 Å². The van der Waals surface area contributed by atoms with Crippen molar-refractivity contribution in [1.82, 2.24) is 15.1 Å². The van der Waals surface area contributed by atoms with Gasteiger partial charge in [0, 0.05) is 38.1 Å². The van der Waals surface area contributed by atoms with Crippen molar-refractivity contribution in [3.63, 3.8) is 0 Å². The molecule has 1 aromatic rings. The van der Waals surface area contributed by atoms with Crippen molar-refractivity contribution in [3.05, 3.63) is 30.3 Å². The summed E-state index contributed by atoms with van der Waals surface area (Å²) in [6, 6.07) is 9.35. The molecule has 0 atom stereocenters. The average molecular weight is 418 g/mol. The van der Waals surface area contributed by atoms with Crippen LogP contribution < -0.4 is 10.1 Å². The zero-order chi connectivity index (χ0) is 21.3. The summed E-state index contributed by atoms with van der Waals surface area (Å²) >= 11 is 0. The van der Waals surface area contributed by atoms with E-state index < -0.39 is 0 Å². The van der Waals surface area contributed by atoms with Gasteiger partial charge in [0.1, 0.15) is 5.75 Å². The van der Waals surface area contributed by atoms with Crippen molar-refractivity contribution in [2.24, 2.45) is 5.92 Å². The van der Waals surface area contributed by atoms with Gasteiger partial charge in [0.25, 0.3) is 5.91 Å². The molecule has 2 fully saturated rings. The molecular weight excluding hydrogens is 386 g/mol. The zero-order valence-corrected chi connectivity index (χ0v) is 17.5. The number of ether oxygens (including phenoxy) is 2. The first-order valence-corrected chi connectivity index (χ1v) is 10.7. The molecule has 1 aromatic carbocycles. The Morgan fingerprint density at radius 1 is 0.967 bits per heavy atom. The third-order valence-electron chi connectivity index (χ3n) is 5.69. The molecule has 2 heterocycles. The van der Waals surface area contributed by atoms with Crippen molar-refractivity contribution in [1.29, 1.82) is 0 Å². The second-order valence-electron chi connectivity index (χ2n) is 7.73. The molecule has 0 radical (unpaired) electrons. The van der Waals surface area contributed by atoms with Crippen LogP contribution in [0.4, 0.5) is 4.79 Å². The lowest BCUT2D eigenvalue weighted by Crippen LogP contribution is -2.50. The zero-order valence-electron chi connectivity index (χ0n) is 17.5. The highest BCUT2D eigenvalue weighted by molar-refractivity contribution is 5.81. The predicted octanol–water partition coefficient (Wildman–Crippen LogP) is 2.04. The Morgan fingerprint density at radius 3 is 2.23 bits per heavy atom. The van der Waals surface area contributed by atoms with E-state index in [-0.39, 0.29) is 36.5 Å². The fraction of sp³-hybridized carbons (Fsp3) is 0.591. The van der Waals surface area contributed by atoms with E-state index in [1.165, 1.54) is 0 Å².